The van der Waals surface area contributed by atoms with E-state index in [9.17, 15) is 4.79 Å². The molecule has 3 rings (SSSR count). The molecule has 0 saturated carbocycles. The first kappa shape index (κ1) is 19.7. The molecular weight excluding hydrogens is 350 g/mol. The first-order valence-corrected chi connectivity index (χ1v) is 9.72. The van der Waals surface area contributed by atoms with Gasteiger partial charge in [-0.3, -0.25) is 4.79 Å². The molecule has 0 aliphatic rings. The number of rotatable bonds is 8. The Hall–Kier alpha value is -3.08. The summed E-state index contributed by atoms with van der Waals surface area (Å²) in [5, 5.41) is 4.37. The van der Waals surface area contributed by atoms with Gasteiger partial charge in [0.2, 0.25) is 11.8 Å². The molecule has 0 spiro atoms. The van der Waals surface area contributed by atoms with Crippen LogP contribution >= 0.6 is 0 Å². The van der Waals surface area contributed by atoms with Crippen molar-refractivity contribution in [3.63, 3.8) is 0 Å². The van der Waals surface area contributed by atoms with Crippen molar-refractivity contribution in [1.29, 1.82) is 0 Å². The molecule has 3 aromatic rings. The summed E-state index contributed by atoms with van der Waals surface area (Å²) in [7, 11) is 0. The molecular formula is C23H27N3O2. The van der Waals surface area contributed by atoms with E-state index in [0.717, 1.165) is 41.4 Å². The molecule has 0 aliphatic heterocycles. The predicted molar refractivity (Wildman–Crippen MR) is 112 cm³/mol. The lowest BCUT2D eigenvalue weighted by Crippen LogP contribution is -2.29. The summed E-state index contributed by atoms with van der Waals surface area (Å²) in [6.45, 7) is 8.40. The van der Waals surface area contributed by atoms with Crippen LogP contribution in [-0.4, -0.2) is 29.1 Å². The van der Waals surface area contributed by atoms with Crippen LogP contribution in [0.15, 0.2) is 65.2 Å². The fourth-order valence-electron chi connectivity index (χ4n) is 3.30. The fourth-order valence-corrected chi connectivity index (χ4v) is 3.30. The van der Waals surface area contributed by atoms with Crippen LogP contribution in [0, 0.1) is 0 Å². The predicted octanol–water partition coefficient (Wildman–Crippen LogP) is 4.74. The van der Waals surface area contributed by atoms with Crippen LogP contribution in [-0.2, 0) is 17.9 Å². The molecule has 1 amide bonds. The average molecular weight is 377 g/mol. The molecule has 0 atom stereocenters. The zero-order valence-electron chi connectivity index (χ0n) is 16.8. The van der Waals surface area contributed by atoms with Crippen molar-refractivity contribution < 1.29 is 9.32 Å². The van der Waals surface area contributed by atoms with Gasteiger partial charge >= 0.3 is 0 Å². The molecule has 1 aromatic heterocycles. The number of carbonyl (C=O) groups is 1. The Morgan fingerprint density at radius 2 is 1.54 bits per heavy atom. The molecule has 1 heterocycles. The minimum absolute atomic E-state index is 0.0227. The monoisotopic (exact) mass is 377 g/mol. The van der Waals surface area contributed by atoms with Gasteiger partial charge in [0.15, 0.2) is 0 Å². The van der Waals surface area contributed by atoms with Gasteiger partial charge in [-0.1, -0.05) is 65.8 Å². The average Bonchev–Trinajstić information content (AvgIpc) is 3.13. The summed E-state index contributed by atoms with van der Waals surface area (Å²) in [5.41, 5.74) is 3.82. The Morgan fingerprint density at radius 1 is 0.929 bits per heavy atom. The van der Waals surface area contributed by atoms with Crippen molar-refractivity contribution in [2.24, 2.45) is 0 Å². The zero-order valence-corrected chi connectivity index (χ0v) is 16.8. The summed E-state index contributed by atoms with van der Waals surface area (Å²) >= 11 is 0. The van der Waals surface area contributed by atoms with Gasteiger partial charge in [0.05, 0.1) is 12.1 Å². The standard InChI is InChI=1S/C23H27N3O2/c1-4-25(5-2)23-21(22(24-28-23)20-14-10-7-11-15-20)17-26(18(3)27)16-19-12-8-6-9-13-19/h6-15H,4-5,16-17H2,1-3H3. The largest absolute Gasteiger partial charge is 0.341 e. The molecule has 0 unspecified atom stereocenters. The zero-order chi connectivity index (χ0) is 19.9. The Labute approximate surface area is 166 Å². The van der Waals surface area contributed by atoms with E-state index >= 15 is 0 Å². The molecule has 0 fully saturated rings. The Kier molecular flexibility index (Phi) is 6.48. The van der Waals surface area contributed by atoms with E-state index in [0.29, 0.717) is 13.1 Å². The Bertz CT molecular complexity index is 887. The van der Waals surface area contributed by atoms with Crippen LogP contribution < -0.4 is 4.90 Å². The number of benzene rings is 2. The quantitative estimate of drug-likeness (QED) is 0.569. The maximum Gasteiger partial charge on any atom is 0.232 e. The highest BCUT2D eigenvalue weighted by atomic mass is 16.5. The number of carbonyl (C=O) groups excluding carboxylic acids is 1. The first-order chi connectivity index (χ1) is 13.6. The van der Waals surface area contributed by atoms with E-state index in [1.54, 1.807) is 6.92 Å². The molecule has 5 nitrogen and oxygen atoms in total. The van der Waals surface area contributed by atoms with Crippen LogP contribution in [0.4, 0.5) is 5.88 Å². The molecule has 0 radical (unpaired) electrons. The lowest BCUT2D eigenvalue weighted by atomic mass is 10.1. The van der Waals surface area contributed by atoms with Crippen molar-refractivity contribution in [3.8, 4) is 11.3 Å². The van der Waals surface area contributed by atoms with Crippen LogP contribution in [0.2, 0.25) is 0 Å². The molecule has 0 N–H and O–H groups in total. The van der Waals surface area contributed by atoms with Crippen molar-refractivity contribution in [1.82, 2.24) is 10.1 Å². The van der Waals surface area contributed by atoms with Gasteiger partial charge in [-0.2, -0.15) is 0 Å². The third-order valence-electron chi connectivity index (χ3n) is 4.88. The number of anilines is 1. The number of nitrogens with zero attached hydrogens (tertiary/aromatic N) is 3. The summed E-state index contributed by atoms with van der Waals surface area (Å²) in [6.07, 6.45) is 0. The molecule has 5 heteroatoms. The molecule has 0 aliphatic carbocycles. The highest BCUT2D eigenvalue weighted by Gasteiger charge is 2.24. The van der Waals surface area contributed by atoms with Gasteiger partial charge in [0.25, 0.3) is 0 Å². The smallest absolute Gasteiger partial charge is 0.232 e. The van der Waals surface area contributed by atoms with Crippen molar-refractivity contribution >= 4 is 11.8 Å². The first-order valence-electron chi connectivity index (χ1n) is 9.72. The lowest BCUT2D eigenvalue weighted by Gasteiger charge is -2.24. The van der Waals surface area contributed by atoms with Crippen LogP contribution in [0.25, 0.3) is 11.3 Å². The van der Waals surface area contributed by atoms with E-state index in [-0.39, 0.29) is 5.91 Å². The van der Waals surface area contributed by atoms with Crippen LogP contribution in [0.3, 0.4) is 0 Å². The van der Waals surface area contributed by atoms with E-state index in [1.165, 1.54) is 0 Å². The summed E-state index contributed by atoms with van der Waals surface area (Å²) in [5.74, 6) is 0.762. The maximum atomic E-state index is 12.4. The van der Waals surface area contributed by atoms with Gasteiger partial charge in [-0.25, -0.2) is 0 Å². The Balaban J connectivity index is 1.99. The van der Waals surface area contributed by atoms with E-state index in [1.807, 2.05) is 65.6 Å². The topological polar surface area (TPSA) is 49.6 Å². The minimum atomic E-state index is 0.0227. The molecule has 0 bridgehead atoms. The third kappa shape index (κ3) is 4.42. The highest BCUT2D eigenvalue weighted by Crippen LogP contribution is 2.32. The molecule has 2 aromatic carbocycles. The second kappa shape index (κ2) is 9.22. The number of aromatic nitrogens is 1. The normalized spacial score (nSPS) is 10.7. The lowest BCUT2D eigenvalue weighted by molar-refractivity contribution is -0.130. The second-order valence-corrected chi connectivity index (χ2v) is 6.71. The van der Waals surface area contributed by atoms with Gasteiger partial charge in [0, 0.05) is 32.1 Å². The van der Waals surface area contributed by atoms with Crippen LogP contribution in [0.1, 0.15) is 31.9 Å². The Morgan fingerprint density at radius 3 is 2.11 bits per heavy atom. The van der Waals surface area contributed by atoms with Crippen molar-refractivity contribution in [3.05, 3.63) is 71.8 Å². The number of hydrogen-bond donors (Lipinski definition) is 0. The summed E-state index contributed by atoms with van der Waals surface area (Å²) < 4.78 is 5.76. The fraction of sp³-hybridized carbons (Fsp3) is 0.304. The van der Waals surface area contributed by atoms with Crippen molar-refractivity contribution in [2.45, 2.75) is 33.9 Å². The second-order valence-electron chi connectivity index (χ2n) is 6.71. The van der Waals surface area contributed by atoms with Crippen molar-refractivity contribution in [2.75, 3.05) is 18.0 Å². The van der Waals surface area contributed by atoms with E-state index in [2.05, 4.69) is 23.9 Å². The van der Waals surface area contributed by atoms with Gasteiger partial charge < -0.3 is 14.3 Å². The molecule has 0 saturated heterocycles. The van der Waals surface area contributed by atoms with Gasteiger partial charge in [-0.05, 0) is 19.4 Å². The van der Waals surface area contributed by atoms with Crippen LogP contribution in [0.5, 0.6) is 0 Å². The minimum Gasteiger partial charge on any atom is -0.341 e. The molecule has 28 heavy (non-hydrogen) atoms. The summed E-state index contributed by atoms with van der Waals surface area (Å²) in [6, 6.07) is 20.0. The third-order valence-corrected chi connectivity index (χ3v) is 4.88. The van der Waals surface area contributed by atoms with Gasteiger partial charge in [-0.15, -0.1) is 0 Å². The highest BCUT2D eigenvalue weighted by molar-refractivity contribution is 5.75. The number of amides is 1. The molecule has 146 valence electrons. The maximum absolute atomic E-state index is 12.4. The SMILES string of the molecule is CCN(CC)c1onc(-c2ccccc2)c1CN(Cc1ccccc1)C(C)=O. The van der Waals surface area contributed by atoms with E-state index < -0.39 is 0 Å². The van der Waals surface area contributed by atoms with Gasteiger partial charge in [0.1, 0.15) is 5.69 Å². The summed E-state index contributed by atoms with van der Waals surface area (Å²) in [4.78, 5) is 16.4. The number of hydrogen-bond acceptors (Lipinski definition) is 4. The van der Waals surface area contributed by atoms with E-state index in [4.69, 9.17) is 4.52 Å².